The molecule has 0 atom stereocenters. The van der Waals surface area contributed by atoms with Crippen molar-refractivity contribution in [3.63, 3.8) is 0 Å². The van der Waals surface area contributed by atoms with Gasteiger partial charge in [-0.25, -0.2) is 14.8 Å². The number of nitrogens with zero attached hydrogens (tertiary/aromatic N) is 2. The molecule has 2 amide bonds. The first-order valence-corrected chi connectivity index (χ1v) is 8.71. The van der Waals surface area contributed by atoms with E-state index in [4.69, 9.17) is 4.74 Å². The van der Waals surface area contributed by atoms with Crippen LogP contribution < -0.4 is 10.6 Å². The van der Waals surface area contributed by atoms with Crippen molar-refractivity contribution in [3.8, 4) is 11.4 Å². The third-order valence-corrected chi connectivity index (χ3v) is 3.59. The largest absolute Gasteiger partial charge is 0.381 e. The average Bonchev–Trinajstić information content (AvgIpc) is 2.61. The summed E-state index contributed by atoms with van der Waals surface area (Å²) < 4.78 is 5.45. The average molecular weight is 342 g/mol. The predicted octanol–water partition coefficient (Wildman–Crippen LogP) is 3.78. The van der Waals surface area contributed by atoms with E-state index in [1.807, 2.05) is 37.3 Å². The lowest BCUT2D eigenvalue weighted by atomic mass is 10.2. The van der Waals surface area contributed by atoms with Crippen LogP contribution >= 0.6 is 0 Å². The molecule has 1 aromatic carbocycles. The third-order valence-electron chi connectivity index (χ3n) is 3.59. The van der Waals surface area contributed by atoms with Gasteiger partial charge in [-0.2, -0.15) is 0 Å². The van der Waals surface area contributed by atoms with E-state index in [-0.39, 0.29) is 6.03 Å². The van der Waals surface area contributed by atoms with E-state index in [9.17, 15) is 4.79 Å². The summed E-state index contributed by atoms with van der Waals surface area (Å²) in [6, 6.07) is 9.12. The first-order chi connectivity index (χ1) is 12.2. The van der Waals surface area contributed by atoms with Crippen molar-refractivity contribution < 1.29 is 9.53 Å². The van der Waals surface area contributed by atoms with Gasteiger partial charge in [-0.3, -0.25) is 0 Å². The number of urea groups is 1. The summed E-state index contributed by atoms with van der Waals surface area (Å²) in [6.07, 6.45) is 4.76. The number of rotatable bonds is 9. The molecule has 2 N–H and O–H groups in total. The minimum Gasteiger partial charge on any atom is -0.381 e. The first-order valence-electron chi connectivity index (χ1n) is 8.71. The summed E-state index contributed by atoms with van der Waals surface area (Å²) in [7, 11) is 0. The Morgan fingerprint density at radius 3 is 2.60 bits per heavy atom. The Morgan fingerprint density at radius 1 is 1.12 bits per heavy atom. The second kappa shape index (κ2) is 10.4. The zero-order valence-electron chi connectivity index (χ0n) is 14.9. The molecule has 0 bridgehead atoms. The molecule has 0 aliphatic rings. The molecule has 0 aliphatic carbocycles. The second-order valence-electron chi connectivity index (χ2n) is 5.80. The molecule has 0 spiro atoms. The topological polar surface area (TPSA) is 76.1 Å². The lowest BCUT2D eigenvalue weighted by Crippen LogP contribution is -2.30. The smallest absolute Gasteiger partial charge is 0.319 e. The van der Waals surface area contributed by atoms with Gasteiger partial charge in [0.2, 0.25) is 0 Å². The number of aromatic nitrogens is 2. The zero-order valence-corrected chi connectivity index (χ0v) is 14.9. The van der Waals surface area contributed by atoms with Crippen LogP contribution in [0.4, 0.5) is 10.5 Å². The number of anilines is 1. The second-order valence-corrected chi connectivity index (χ2v) is 5.80. The number of amides is 2. The molecule has 2 aromatic rings. The fraction of sp³-hybridized carbons (Fsp3) is 0.421. The minimum atomic E-state index is -0.215. The van der Waals surface area contributed by atoms with Gasteiger partial charge in [-0.05, 0) is 50.1 Å². The van der Waals surface area contributed by atoms with Crippen LogP contribution in [0.25, 0.3) is 11.4 Å². The van der Waals surface area contributed by atoms with Gasteiger partial charge in [0.1, 0.15) is 0 Å². The standard InChI is InChI=1S/C19H26N4O2/c1-3-4-13-25-14-5-11-21-19(24)23-17-8-6-16(7-9-17)18-20-12-10-15(2)22-18/h6-10,12H,3-5,11,13-14H2,1-2H3,(H2,21,23,24). The van der Waals surface area contributed by atoms with Gasteiger partial charge in [0, 0.05) is 42.9 Å². The lowest BCUT2D eigenvalue weighted by molar-refractivity contribution is 0.129. The molecular weight excluding hydrogens is 316 g/mol. The van der Waals surface area contributed by atoms with E-state index < -0.39 is 0 Å². The molecule has 0 fully saturated rings. The zero-order chi connectivity index (χ0) is 17.9. The molecule has 134 valence electrons. The summed E-state index contributed by atoms with van der Waals surface area (Å²) >= 11 is 0. The van der Waals surface area contributed by atoms with Crippen molar-refractivity contribution in [2.24, 2.45) is 0 Å². The Kier molecular flexibility index (Phi) is 7.85. The number of nitrogens with one attached hydrogen (secondary N) is 2. The van der Waals surface area contributed by atoms with E-state index >= 15 is 0 Å². The summed E-state index contributed by atoms with van der Waals surface area (Å²) in [5.41, 5.74) is 2.57. The highest BCUT2D eigenvalue weighted by molar-refractivity contribution is 5.89. The van der Waals surface area contributed by atoms with Crippen LogP contribution in [0.1, 0.15) is 31.9 Å². The Morgan fingerprint density at radius 2 is 1.88 bits per heavy atom. The summed E-state index contributed by atoms with van der Waals surface area (Å²) in [5.74, 6) is 0.680. The van der Waals surface area contributed by atoms with Gasteiger partial charge in [-0.15, -0.1) is 0 Å². The normalized spacial score (nSPS) is 10.5. The molecule has 0 unspecified atom stereocenters. The molecule has 2 rings (SSSR count). The lowest BCUT2D eigenvalue weighted by Gasteiger charge is -2.08. The molecule has 1 heterocycles. The van der Waals surface area contributed by atoms with Crippen molar-refractivity contribution >= 4 is 11.7 Å². The van der Waals surface area contributed by atoms with Crippen LogP contribution in [-0.4, -0.2) is 35.8 Å². The van der Waals surface area contributed by atoms with E-state index in [0.717, 1.165) is 42.8 Å². The van der Waals surface area contributed by atoms with Gasteiger partial charge in [0.15, 0.2) is 5.82 Å². The van der Waals surface area contributed by atoms with Gasteiger partial charge < -0.3 is 15.4 Å². The Hall–Kier alpha value is -2.47. The van der Waals surface area contributed by atoms with Crippen LogP contribution in [0.15, 0.2) is 36.5 Å². The molecule has 0 saturated carbocycles. The van der Waals surface area contributed by atoms with E-state index in [0.29, 0.717) is 19.0 Å². The highest BCUT2D eigenvalue weighted by Gasteiger charge is 2.04. The number of hydrogen-bond acceptors (Lipinski definition) is 4. The third kappa shape index (κ3) is 6.89. The van der Waals surface area contributed by atoms with Crippen LogP contribution in [0.3, 0.4) is 0 Å². The summed E-state index contributed by atoms with van der Waals surface area (Å²) in [4.78, 5) is 20.5. The van der Waals surface area contributed by atoms with Crippen molar-refractivity contribution in [3.05, 3.63) is 42.2 Å². The quantitative estimate of drug-likeness (QED) is 0.680. The number of unbranched alkanes of at least 4 members (excludes halogenated alkanes) is 1. The number of aryl methyl sites for hydroxylation is 1. The summed E-state index contributed by atoms with van der Waals surface area (Å²) in [6.45, 7) is 6.12. The molecule has 0 radical (unpaired) electrons. The number of ether oxygens (including phenoxy) is 1. The molecule has 6 nitrogen and oxygen atoms in total. The number of carbonyl (C=O) groups is 1. The number of benzene rings is 1. The Labute approximate surface area is 149 Å². The molecule has 1 aromatic heterocycles. The summed E-state index contributed by atoms with van der Waals surface area (Å²) in [5, 5.41) is 5.63. The van der Waals surface area contributed by atoms with Crippen LogP contribution in [0, 0.1) is 6.92 Å². The van der Waals surface area contributed by atoms with Crippen molar-refractivity contribution in [2.45, 2.75) is 33.1 Å². The van der Waals surface area contributed by atoms with Gasteiger partial charge in [0.25, 0.3) is 0 Å². The van der Waals surface area contributed by atoms with Crippen LogP contribution in [0.2, 0.25) is 0 Å². The van der Waals surface area contributed by atoms with Gasteiger partial charge in [0.05, 0.1) is 0 Å². The minimum absolute atomic E-state index is 0.215. The van der Waals surface area contributed by atoms with Gasteiger partial charge >= 0.3 is 6.03 Å². The highest BCUT2D eigenvalue weighted by atomic mass is 16.5. The monoisotopic (exact) mass is 342 g/mol. The maximum Gasteiger partial charge on any atom is 0.319 e. The SMILES string of the molecule is CCCCOCCCNC(=O)Nc1ccc(-c2nccc(C)n2)cc1. The molecule has 0 aliphatic heterocycles. The molecule has 25 heavy (non-hydrogen) atoms. The Bertz CT molecular complexity index is 659. The van der Waals surface area contributed by atoms with Crippen LogP contribution in [0.5, 0.6) is 0 Å². The maximum atomic E-state index is 11.9. The maximum absolute atomic E-state index is 11.9. The van der Waals surface area contributed by atoms with E-state index in [2.05, 4.69) is 27.5 Å². The molecular formula is C19H26N4O2. The van der Waals surface area contributed by atoms with E-state index in [1.54, 1.807) is 6.20 Å². The fourth-order valence-electron chi connectivity index (χ4n) is 2.19. The first kappa shape index (κ1) is 18.9. The Balaban J connectivity index is 1.72. The molecule has 0 saturated heterocycles. The highest BCUT2D eigenvalue weighted by Crippen LogP contribution is 2.17. The van der Waals surface area contributed by atoms with Crippen molar-refractivity contribution in [1.82, 2.24) is 15.3 Å². The molecule has 6 heteroatoms. The fourth-order valence-corrected chi connectivity index (χ4v) is 2.19. The number of carbonyl (C=O) groups excluding carboxylic acids is 1. The van der Waals surface area contributed by atoms with Crippen molar-refractivity contribution in [2.75, 3.05) is 25.1 Å². The van der Waals surface area contributed by atoms with Crippen molar-refractivity contribution in [1.29, 1.82) is 0 Å². The van der Waals surface area contributed by atoms with E-state index in [1.165, 1.54) is 0 Å². The van der Waals surface area contributed by atoms with Gasteiger partial charge in [-0.1, -0.05) is 13.3 Å². The predicted molar refractivity (Wildman–Crippen MR) is 99.6 cm³/mol. The van der Waals surface area contributed by atoms with Crippen LogP contribution in [-0.2, 0) is 4.74 Å². The number of hydrogen-bond donors (Lipinski definition) is 2.